The average Bonchev–Trinajstić information content (AvgIpc) is 3.30. The quantitative estimate of drug-likeness (QED) is 0.0372. The number of benzene rings is 3. The number of carbonyl (C=O) groups excluding carboxylic acids is 1. The van der Waals surface area contributed by atoms with Crippen molar-refractivity contribution in [2.75, 3.05) is 26.9 Å². The SMILES string of the molecule is COc1cc(-c2cc(=O)c3c(O)c([C@@H]4O[C@H](CO)[C@H](O)[C@@H](O[C@H]5O[C@@H](CO)[C@H](O)[C@@H](O)[C@@H]5O[C@@H]5O[C@H](CO)[C@@H](O)[C@@H](O)[C@@H]5O)[C@@H]4OC(=O)/C=C/c4ccc(O)c(O)c4)c(O)cc3o2)ccc1O. The van der Waals surface area contributed by atoms with E-state index in [4.69, 9.17) is 37.6 Å². The van der Waals surface area contributed by atoms with Crippen molar-refractivity contribution >= 4 is 23.0 Å². The first kappa shape index (κ1) is 49.2. The number of methoxy groups -OCH3 is 1. The van der Waals surface area contributed by atoms with Gasteiger partial charge in [-0.25, -0.2) is 4.79 Å². The van der Waals surface area contributed by atoms with Gasteiger partial charge in [-0.3, -0.25) is 4.79 Å². The third-order valence-electron chi connectivity index (χ3n) is 11.5. The van der Waals surface area contributed by atoms with Crippen LogP contribution in [0.25, 0.3) is 28.4 Å². The van der Waals surface area contributed by atoms with Gasteiger partial charge < -0.3 is 109 Å². The number of fused-ring (bicyclic) bond motifs is 1. The third kappa shape index (κ3) is 9.72. The number of aliphatic hydroxyl groups is 9. The fourth-order valence-corrected chi connectivity index (χ4v) is 7.93. The Hall–Kier alpha value is -5.68. The molecule has 0 unspecified atom stereocenters. The zero-order valence-electron chi connectivity index (χ0n) is 34.9. The summed E-state index contributed by atoms with van der Waals surface area (Å²) in [5.74, 6) is -4.50. The Balaban J connectivity index is 1.32. The third-order valence-corrected chi connectivity index (χ3v) is 11.5. The second kappa shape index (κ2) is 20.3. The summed E-state index contributed by atoms with van der Waals surface area (Å²) in [6.45, 7) is -2.93. The molecule has 3 aliphatic heterocycles. The molecule has 7 rings (SSSR count). The average molecular weight is 949 g/mol. The van der Waals surface area contributed by atoms with Gasteiger partial charge in [0, 0.05) is 23.8 Å². The first-order valence-corrected chi connectivity index (χ1v) is 20.4. The largest absolute Gasteiger partial charge is 0.507 e. The molecule has 0 aliphatic carbocycles. The van der Waals surface area contributed by atoms with Crippen LogP contribution in [0.4, 0.5) is 0 Å². The van der Waals surface area contributed by atoms with E-state index in [2.05, 4.69) is 0 Å². The number of esters is 1. The Kier molecular flexibility index (Phi) is 14.9. The molecule has 14 N–H and O–H groups in total. The van der Waals surface area contributed by atoms with Crippen molar-refractivity contribution in [3.63, 3.8) is 0 Å². The van der Waals surface area contributed by atoms with Crippen LogP contribution in [0.3, 0.4) is 0 Å². The van der Waals surface area contributed by atoms with E-state index in [1.807, 2.05) is 0 Å². The van der Waals surface area contributed by atoms with E-state index in [9.17, 15) is 81.1 Å². The molecule has 67 heavy (non-hydrogen) atoms. The summed E-state index contributed by atoms with van der Waals surface area (Å²) in [7, 11) is 1.29. The molecule has 1 aromatic heterocycles. The van der Waals surface area contributed by atoms with Gasteiger partial charge in [0.15, 0.2) is 47.1 Å². The number of ether oxygens (including phenoxy) is 7. The molecular formula is C43H48O24. The predicted octanol–water partition coefficient (Wildman–Crippen LogP) is -2.58. The number of phenolic OH excluding ortho intramolecular Hbond substituents is 5. The molecule has 0 amide bonds. The zero-order chi connectivity index (χ0) is 48.6. The fraction of sp³-hybridized carbons (Fsp3) is 0.442. The summed E-state index contributed by atoms with van der Waals surface area (Å²) in [6, 6.07) is 9.38. The Labute approximate surface area is 377 Å². The van der Waals surface area contributed by atoms with Crippen LogP contribution in [0.1, 0.15) is 17.2 Å². The van der Waals surface area contributed by atoms with E-state index >= 15 is 0 Å². The highest BCUT2D eigenvalue weighted by Crippen LogP contribution is 2.47. The van der Waals surface area contributed by atoms with Crippen LogP contribution < -0.4 is 10.2 Å². The number of hydrogen-bond donors (Lipinski definition) is 14. The van der Waals surface area contributed by atoms with Gasteiger partial charge in [-0.15, -0.1) is 0 Å². The summed E-state index contributed by atoms with van der Waals surface area (Å²) < 4.78 is 45.8. The first-order chi connectivity index (χ1) is 31.9. The summed E-state index contributed by atoms with van der Waals surface area (Å²) in [4.78, 5) is 27.5. The van der Waals surface area contributed by atoms with Crippen LogP contribution in [0.2, 0.25) is 0 Å². The molecule has 3 saturated heterocycles. The van der Waals surface area contributed by atoms with Crippen LogP contribution >= 0.6 is 0 Å². The summed E-state index contributed by atoms with van der Waals surface area (Å²) in [6.07, 6.45) is -27.6. The molecule has 4 heterocycles. The number of rotatable bonds is 13. The number of aliphatic hydroxyl groups excluding tert-OH is 9. The Morgan fingerprint density at radius 2 is 1.27 bits per heavy atom. The molecular weight excluding hydrogens is 900 g/mol. The Bertz CT molecular complexity index is 2490. The zero-order valence-corrected chi connectivity index (χ0v) is 34.9. The minimum Gasteiger partial charge on any atom is -0.507 e. The molecule has 3 aliphatic rings. The maximum atomic E-state index is 13.8. The van der Waals surface area contributed by atoms with Gasteiger partial charge in [-0.05, 0) is 42.0 Å². The number of hydrogen-bond acceptors (Lipinski definition) is 24. The van der Waals surface area contributed by atoms with Gasteiger partial charge >= 0.3 is 5.97 Å². The maximum absolute atomic E-state index is 13.8. The second-order valence-corrected chi connectivity index (χ2v) is 15.7. The summed E-state index contributed by atoms with van der Waals surface area (Å²) in [5.41, 5.74) is -1.59. The molecule has 0 spiro atoms. The van der Waals surface area contributed by atoms with Gasteiger partial charge in [0.25, 0.3) is 0 Å². The lowest BCUT2D eigenvalue weighted by atomic mass is 9.88. The van der Waals surface area contributed by atoms with E-state index in [1.165, 1.54) is 31.4 Å². The number of phenols is 5. The normalized spacial score (nSPS) is 32.4. The van der Waals surface area contributed by atoms with Gasteiger partial charge in [0.05, 0.1) is 32.5 Å². The molecule has 3 fully saturated rings. The number of aromatic hydroxyl groups is 5. The van der Waals surface area contributed by atoms with Crippen LogP contribution in [0.5, 0.6) is 34.5 Å². The maximum Gasteiger partial charge on any atom is 0.331 e. The Morgan fingerprint density at radius 3 is 1.93 bits per heavy atom. The van der Waals surface area contributed by atoms with Gasteiger partial charge in [0.2, 0.25) is 0 Å². The van der Waals surface area contributed by atoms with Crippen LogP contribution in [-0.2, 0) is 33.2 Å². The molecule has 0 saturated carbocycles. The molecule has 24 heteroatoms. The summed E-state index contributed by atoms with van der Waals surface area (Å²) >= 11 is 0. The van der Waals surface area contributed by atoms with Crippen LogP contribution in [-0.4, -0.2) is 190 Å². The monoisotopic (exact) mass is 948 g/mol. The second-order valence-electron chi connectivity index (χ2n) is 15.7. The molecule has 4 aromatic rings. The van der Waals surface area contributed by atoms with E-state index in [1.54, 1.807) is 0 Å². The molecule has 364 valence electrons. The fourth-order valence-electron chi connectivity index (χ4n) is 7.93. The first-order valence-electron chi connectivity index (χ1n) is 20.4. The van der Waals surface area contributed by atoms with Crippen molar-refractivity contribution in [1.82, 2.24) is 0 Å². The lowest BCUT2D eigenvalue weighted by molar-refractivity contribution is -0.382. The van der Waals surface area contributed by atoms with Gasteiger partial charge in [-0.1, -0.05) is 6.07 Å². The molecule has 15 atom stereocenters. The van der Waals surface area contributed by atoms with E-state index in [-0.39, 0.29) is 28.4 Å². The Morgan fingerprint density at radius 1 is 0.642 bits per heavy atom. The van der Waals surface area contributed by atoms with Crippen molar-refractivity contribution < 1.29 is 114 Å². The molecule has 3 aromatic carbocycles. The highest BCUT2D eigenvalue weighted by molar-refractivity contribution is 5.89. The highest BCUT2D eigenvalue weighted by atomic mass is 16.8. The van der Waals surface area contributed by atoms with Crippen molar-refractivity contribution in [2.24, 2.45) is 0 Å². The van der Waals surface area contributed by atoms with E-state index in [0.717, 1.165) is 36.4 Å². The van der Waals surface area contributed by atoms with E-state index < -0.39 is 163 Å². The molecule has 0 bridgehead atoms. The lowest BCUT2D eigenvalue weighted by Gasteiger charge is -2.49. The van der Waals surface area contributed by atoms with Crippen LogP contribution in [0, 0.1) is 0 Å². The topological polar surface area (TPSA) is 395 Å². The highest BCUT2D eigenvalue weighted by Gasteiger charge is 2.56. The van der Waals surface area contributed by atoms with Crippen molar-refractivity contribution in [2.45, 2.75) is 91.9 Å². The molecule has 0 radical (unpaired) electrons. The lowest BCUT2D eigenvalue weighted by Crippen LogP contribution is -2.66. The minimum atomic E-state index is -2.13. The van der Waals surface area contributed by atoms with E-state index in [0.29, 0.717) is 0 Å². The van der Waals surface area contributed by atoms with Crippen molar-refractivity contribution in [1.29, 1.82) is 0 Å². The van der Waals surface area contributed by atoms with Crippen molar-refractivity contribution in [3.05, 3.63) is 76.0 Å². The van der Waals surface area contributed by atoms with Gasteiger partial charge in [-0.2, -0.15) is 0 Å². The predicted molar refractivity (Wildman–Crippen MR) is 220 cm³/mol. The minimum absolute atomic E-state index is 0.0211. The van der Waals surface area contributed by atoms with Gasteiger partial charge in [0.1, 0.15) is 101 Å². The smallest absolute Gasteiger partial charge is 0.331 e. The standard InChI is InChI=1S/C43H48O24/c1-60-23-9-16(4-6-18(23)48)22-10-20(50)29-24(61-22)11-21(51)30(34(29)56)38-41(65-28(52)7-3-15-2-5-17(47)19(49)8-15)39(33(55)27(14-46)62-38)66-43-40(36(58)32(54)26(13-45)64-43)67-42-37(59)35(57)31(53)25(12-44)63-42/h2-11,25-27,31-33,35-49,51,53-59H,12-14H2,1H3/b7-3+/t25-,26+,27-,31-,32+,33+,35-,36-,37+,38+,39-,40+,41-,42+,43-/m1/s1. The molecule has 24 nitrogen and oxygen atoms in total. The number of carbonyl (C=O) groups is 1. The van der Waals surface area contributed by atoms with Crippen LogP contribution in [0.15, 0.2) is 63.8 Å². The summed E-state index contributed by atoms with van der Waals surface area (Å²) in [5, 5.41) is 148. The van der Waals surface area contributed by atoms with Crippen molar-refractivity contribution in [3.8, 4) is 45.8 Å².